The Morgan fingerprint density at radius 2 is 2.00 bits per heavy atom. The number of nitrogens with two attached hydrogens (primary N) is 1. The Balaban J connectivity index is 2.38. The van der Waals surface area contributed by atoms with Gasteiger partial charge in [0.25, 0.3) is 0 Å². The lowest BCUT2D eigenvalue weighted by Gasteiger charge is -2.11. The van der Waals surface area contributed by atoms with Crippen LogP contribution in [0.5, 0.6) is 0 Å². The van der Waals surface area contributed by atoms with Crippen molar-refractivity contribution in [1.29, 1.82) is 0 Å². The van der Waals surface area contributed by atoms with Crippen LogP contribution in [0.3, 0.4) is 0 Å². The maximum Gasteiger partial charge on any atom is 0.138 e. The summed E-state index contributed by atoms with van der Waals surface area (Å²) in [4.78, 5) is 8.08. The summed E-state index contributed by atoms with van der Waals surface area (Å²) in [5.41, 5.74) is 8.56. The topological polar surface area (TPSA) is 63.8 Å². The zero-order valence-electron chi connectivity index (χ0n) is 9.66. The summed E-state index contributed by atoms with van der Waals surface area (Å²) in [7, 11) is 0. The van der Waals surface area contributed by atoms with Gasteiger partial charge in [-0.15, -0.1) is 0 Å². The van der Waals surface area contributed by atoms with Gasteiger partial charge in [-0.3, -0.25) is 0 Å². The molecule has 0 aliphatic carbocycles. The Labute approximate surface area is 105 Å². The van der Waals surface area contributed by atoms with E-state index >= 15 is 0 Å². The SMILES string of the molecule is Cc1ccc(Cl)cc1Nc1ncnc(N)c1C. The zero-order valence-corrected chi connectivity index (χ0v) is 10.4. The van der Waals surface area contributed by atoms with Gasteiger partial charge in [-0.05, 0) is 31.5 Å². The van der Waals surface area contributed by atoms with Crippen LogP contribution in [-0.4, -0.2) is 9.97 Å². The van der Waals surface area contributed by atoms with E-state index in [1.807, 2.05) is 32.0 Å². The molecule has 3 N–H and O–H groups in total. The Morgan fingerprint density at radius 3 is 2.76 bits per heavy atom. The van der Waals surface area contributed by atoms with Crippen molar-refractivity contribution >= 4 is 28.9 Å². The minimum Gasteiger partial charge on any atom is -0.383 e. The van der Waals surface area contributed by atoms with Crippen molar-refractivity contribution in [2.45, 2.75) is 13.8 Å². The molecule has 0 fully saturated rings. The van der Waals surface area contributed by atoms with Gasteiger partial charge >= 0.3 is 0 Å². The second kappa shape index (κ2) is 4.59. The number of nitrogens with zero attached hydrogens (tertiary/aromatic N) is 2. The van der Waals surface area contributed by atoms with E-state index in [1.165, 1.54) is 6.33 Å². The predicted octanol–water partition coefficient (Wildman–Crippen LogP) is 3.07. The first-order valence-electron chi connectivity index (χ1n) is 5.18. The van der Waals surface area contributed by atoms with Crippen LogP contribution in [0.1, 0.15) is 11.1 Å². The van der Waals surface area contributed by atoms with Crippen molar-refractivity contribution < 1.29 is 0 Å². The van der Waals surface area contributed by atoms with Gasteiger partial charge in [0.15, 0.2) is 0 Å². The molecule has 1 aromatic heterocycles. The Morgan fingerprint density at radius 1 is 1.24 bits per heavy atom. The minimum atomic E-state index is 0.474. The molecule has 0 aliphatic heterocycles. The molecular weight excluding hydrogens is 236 g/mol. The van der Waals surface area contributed by atoms with E-state index in [0.717, 1.165) is 16.8 Å². The quantitative estimate of drug-likeness (QED) is 0.857. The van der Waals surface area contributed by atoms with Crippen LogP contribution in [0.25, 0.3) is 0 Å². The first-order valence-corrected chi connectivity index (χ1v) is 5.56. The standard InChI is InChI=1S/C12H13ClN4/c1-7-3-4-9(13)5-10(7)17-12-8(2)11(14)15-6-16-12/h3-6H,1-2H3,(H3,14,15,16,17). The molecule has 0 bridgehead atoms. The summed E-state index contributed by atoms with van der Waals surface area (Å²) in [6.07, 6.45) is 1.44. The first-order chi connectivity index (χ1) is 8.08. The van der Waals surface area contributed by atoms with Crippen molar-refractivity contribution in [3.8, 4) is 0 Å². The molecule has 1 heterocycles. The third-order valence-corrected chi connectivity index (χ3v) is 2.81. The maximum absolute atomic E-state index is 5.96. The van der Waals surface area contributed by atoms with E-state index in [0.29, 0.717) is 16.7 Å². The molecule has 1 aromatic carbocycles. The lowest BCUT2D eigenvalue weighted by Crippen LogP contribution is -2.02. The highest BCUT2D eigenvalue weighted by molar-refractivity contribution is 6.30. The van der Waals surface area contributed by atoms with E-state index < -0.39 is 0 Å². The Kier molecular flexibility index (Phi) is 3.15. The van der Waals surface area contributed by atoms with Gasteiger partial charge in [0.1, 0.15) is 18.0 Å². The number of nitrogens with one attached hydrogen (secondary N) is 1. The van der Waals surface area contributed by atoms with Crippen LogP contribution in [0, 0.1) is 13.8 Å². The summed E-state index contributed by atoms with van der Waals surface area (Å²) in [5, 5.41) is 3.89. The summed E-state index contributed by atoms with van der Waals surface area (Å²) in [5.74, 6) is 1.17. The van der Waals surface area contributed by atoms with Crippen molar-refractivity contribution in [1.82, 2.24) is 9.97 Å². The normalized spacial score (nSPS) is 10.3. The molecule has 4 nitrogen and oxygen atoms in total. The zero-order chi connectivity index (χ0) is 12.4. The molecule has 88 valence electrons. The van der Waals surface area contributed by atoms with Crippen molar-refractivity contribution in [3.63, 3.8) is 0 Å². The van der Waals surface area contributed by atoms with Gasteiger partial charge in [0.05, 0.1) is 0 Å². The number of benzene rings is 1. The number of nitrogen functional groups attached to an aromatic ring is 1. The number of anilines is 3. The van der Waals surface area contributed by atoms with Crippen LogP contribution in [0.15, 0.2) is 24.5 Å². The van der Waals surface area contributed by atoms with Crippen molar-refractivity contribution in [2.75, 3.05) is 11.1 Å². The second-order valence-electron chi connectivity index (χ2n) is 3.82. The molecule has 5 heteroatoms. The van der Waals surface area contributed by atoms with E-state index in [9.17, 15) is 0 Å². The molecule has 0 atom stereocenters. The average Bonchev–Trinajstić information content (AvgIpc) is 2.30. The number of rotatable bonds is 2. The number of aryl methyl sites for hydroxylation is 1. The predicted molar refractivity (Wildman–Crippen MR) is 70.7 cm³/mol. The Bertz CT molecular complexity index is 554. The van der Waals surface area contributed by atoms with Gasteiger partial charge in [-0.1, -0.05) is 17.7 Å². The van der Waals surface area contributed by atoms with Crippen molar-refractivity contribution in [2.24, 2.45) is 0 Å². The van der Waals surface area contributed by atoms with Crippen LogP contribution in [0.4, 0.5) is 17.3 Å². The molecule has 2 aromatic rings. The smallest absolute Gasteiger partial charge is 0.138 e. The van der Waals surface area contributed by atoms with Crippen molar-refractivity contribution in [3.05, 3.63) is 40.7 Å². The summed E-state index contributed by atoms with van der Waals surface area (Å²) < 4.78 is 0. The van der Waals surface area contributed by atoms with E-state index in [4.69, 9.17) is 17.3 Å². The molecule has 17 heavy (non-hydrogen) atoms. The highest BCUT2D eigenvalue weighted by atomic mass is 35.5. The molecular formula is C12H13ClN4. The molecule has 0 radical (unpaired) electrons. The number of aromatic nitrogens is 2. The molecule has 2 rings (SSSR count). The number of hydrogen-bond acceptors (Lipinski definition) is 4. The van der Waals surface area contributed by atoms with Gasteiger partial charge < -0.3 is 11.1 Å². The molecule has 0 saturated heterocycles. The minimum absolute atomic E-state index is 0.474. The third kappa shape index (κ3) is 2.47. The van der Waals surface area contributed by atoms with Gasteiger partial charge in [-0.25, -0.2) is 9.97 Å². The second-order valence-corrected chi connectivity index (χ2v) is 4.25. The fraction of sp³-hybridized carbons (Fsp3) is 0.167. The average molecular weight is 249 g/mol. The first kappa shape index (κ1) is 11.7. The third-order valence-electron chi connectivity index (χ3n) is 2.58. The van der Waals surface area contributed by atoms with Crippen LogP contribution < -0.4 is 11.1 Å². The highest BCUT2D eigenvalue weighted by Gasteiger charge is 2.06. The monoisotopic (exact) mass is 248 g/mol. The highest BCUT2D eigenvalue weighted by Crippen LogP contribution is 2.25. The fourth-order valence-corrected chi connectivity index (χ4v) is 1.62. The van der Waals surface area contributed by atoms with Crippen LogP contribution in [-0.2, 0) is 0 Å². The largest absolute Gasteiger partial charge is 0.383 e. The van der Waals surface area contributed by atoms with Gasteiger partial charge in [0.2, 0.25) is 0 Å². The molecule has 0 unspecified atom stereocenters. The fourth-order valence-electron chi connectivity index (χ4n) is 1.45. The van der Waals surface area contributed by atoms with E-state index in [2.05, 4.69) is 15.3 Å². The maximum atomic E-state index is 5.96. The molecule has 0 aliphatic rings. The lowest BCUT2D eigenvalue weighted by atomic mass is 10.2. The van der Waals surface area contributed by atoms with Gasteiger partial charge in [0, 0.05) is 16.3 Å². The summed E-state index contributed by atoms with van der Waals surface area (Å²) in [6, 6.07) is 5.66. The molecule has 0 saturated carbocycles. The van der Waals surface area contributed by atoms with Crippen LogP contribution in [0.2, 0.25) is 5.02 Å². The summed E-state index contributed by atoms with van der Waals surface area (Å²) >= 11 is 5.96. The summed E-state index contributed by atoms with van der Waals surface area (Å²) in [6.45, 7) is 3.87. The van der Waals surface area contributed by atoms with Gasteiger partial charge in [-0.2, -0.15) is 0 Å². The lowest BCUT2D eigenvalue weighted by molar-refractivity contribution is 1.14. The number of halogens is 1. The Hall–Kier alpha value is -1.81. The van der Waals surface area contributed by atoms with Crippen LogP contribution >= 0.6 is 11.6 Å². The number of hydrogen-bond donors (Lipinski definition) is 2. The van der Waals surface area contributed by atoms with E-state index in [1.54, 1.807) is 0 Å². The van der Waals surface area contributed by atoms with E-state index in [-0.39, 0.29) is 0 Å². The molecule has 0 spiro atoms. The molecule has 0 amide bonds.